The summed E-state index contributed by atoms with van der Waals surface area (Å²) in [7, 11) is 0. The zero-order valence-electron chi connectivity index (χ0n) is 9.75. The molecule has 0 bridgehead atoms. The van der Waals surface area contributed by atoms with Crippen LogP contribution in [-0.2, 0) is 6.18 Å². The van der Waals surface area contributed by atoms with Crippen LogP contribution in [0, 0.1) is 5.82 Å². The molecule has 2 rings (SSSR count). The Balaban J connectivity index is 2.30. The van der Waals surface area contributed by atoms with Crippen molar-refractivity contribution in [2.24, 2.45) is 0 Å². The van der Waals surface area contributed by atoms with E-state index in [-0.39, 0.29) is 11.4 Å². The molecule has 1 amide bonds. The van der Waals surface area contributed by atoms with Crippen molar-refractivity contribution in [3.05, 3.63) is 41.3 Å². The highest BCUT2D eigenvalue weighted by molar-refractivity contribution is 6.07. The summed E-state index contributed by atoms with van der Waals surface area (Å²) in [5, 5.41) is 7.77. The van der Waals surface area contributed by atoms with Crippen LogP contribution < -0.4 is 11.1 Å². The lowest BCUT2D eigenvalue weighted by molar-refractivity contribution is -0.137. The molecule has 9 heteroatoms. The van der Waals surface area contributed by atoms with Crippen molar-refractivity contribution in [1.29, 1.82) is 0 Å². The van der Waals surface area contributed by atoms with Gasteiger partial charge in [-0.2, -0.15) is 18.3 Å². The minimum atomic E-state index is -4.64. The SMILES string of the molecule is Nc1[nH]ncc1C(=O)Nc1cc(C(F)(F)F)ccc1F. The van der Waals surface area contributed by atoms with Crippen molar-refractivity contribution in [2.45, 2.75) is 6.18 Å². The summed E-state index contributed by atoms with van der Waals surface area (Å²) in [6.07, 6.45) is -3.56. The van der Waals surface area contributed by atoms with Crippen LogP contribution in [0.25, 0.3) is 0 Å². The first-order valence-corrected chi connectivity index (χ1v) is 5.26. The number of carbonyl (C=O) groups excluding carboxylic acids is 1. The van der Waals surface area contributed by atoms with Crippen LogP contribution in [0.4, 0.5) is 29.1 Å². The minimum absolute atomic E-state index is 0.0742. The first-order chi connectivity index (χ1) is 9.29. The van der Waals surface area contributed by atoms with Crippen LogP contribution in [-0.4, -0.2) is 16.1 Å². The average molecular weight is 288 g/mol. The van der Waals surface area contributed by atoms with Gasteiger partial charge in [0.1, 0.15) is 17.2 Å². The summed E-state index contributed by atoms with van der Waals surface area (Å²) in [6.45, 7) is 0. The van der Waals surface area contributed by atoms with Crippen LogP contribution >= 0.6 is 0 Å². The lowest BCUT2D eigenvalue weighted by Crippen LogP contribution is -2.15. The summed E-state index contributed by atoms with van der Waals surface area (Å²) in [6, 6.07) is 1.71. The number of rotatable bonds is 2. The van der Waals surface area contributed by atoms with Crippen LogP contribution in [0.3, 0.4) is 0 Å². The van der Waals surface area contributed by atoms with Gasteiger partial charge < -0.3 is 11.1 Å². The van der Waals surface area contributed by atoms with E-state index in [0.717, 1.165) is 6.20 Å². The number of H-pyrrole nitrogens is 1. The third kappa shape index (κ3) is 2.71. The number of nitrogens with zero attached hydrogens (tertiary/aromatic N) is 1. The molecule has 5 nitrogen and oxygen atoms in total. The van der Waals surface area contributed by atoms with Crippen molar-refractivity contribution in [1.82, 2.24) is 10.2 Å². The Labute approximate surface area is 109 Å². The molecule has 0 spiro atoms. The molecule has 0 aliphatic heterocycles. The Bertz CT molecular complexity index is 650. The second-order valence-electron chi connectivity index (χ2n) is 3.84. The number of aromatic nitrogens is 2. The van der Waals surface area contributed by atoms with E-state index in [1.54, 1.807) is 0 Å². The van der Waals surface area contributed by atoms with E-state index in [9.17, 15) is 22.4 Å². The molecule has 20 heavy (non-hydrogen) atoms. The van der Waals surface area contributed by atoms with E-state index in [0.29, 0.717) is 18.2 Å². The van der Waals surface area contributed by atoms with Gasteiger partial charge in [-0.05, 0) is 18.2 Å². The number of alkyl halides is 3. The second-order valence-corrected chi connectivity index (χ2v) is 3.84. The zero-order chi connectivity index (χ0) is 14.9. The molecule has 0 saturated heterocycles. The van der Waals surface area contributed by atoms with Gasteiger partial charge in [0.05, 0.1) is 17.4 Å². The van der Waals surface area contributed by atoms with Gasteiger partial charge in [0.15, 0.2) is 0 Å². The lowest BCUT2D eigenvalue weighted by atomic mass is 10.1. The van der Waals surface area contributed by atoms with E-state index in [1.807, 2.05) is 5.32 Å². The highest BCUT2D eigenvalue weighted by Gasteiger charge is 2.31. The molecule has 0 aliphatic carbocycles. The van der Waals surface area contributed by atoms with E-state index < -0.39 is 29.2 Å². The topological polar surface area (TPSA) is 83.8 Å². The zero-order valence-corrected chi connectivity index (χ0v) is 9.75. The fourth-order valence-electron chi connectivity index (χ4n) is 1.46. The van der Waals surface area contributed by atoms with Gasteiger partial charge in [0.2, 0.25) is 0 Å². The predicted molar refractivity (Wildman–Crippen MR) is 62.4 cm³/mol. The number of hydrogen-bond donors (Lipinski definition) is 3. The van der Waals surface area contributed by atoms with Gasteiger partial charge >= 0.3 is 6.18 Å². The largest absolute Gasteiger partial charge is 0.416 e. The fraction of sp³-hybridized carbons (Fsp3) is 0.0909. The van der Waals surface area contributed by atoms with Crippen molar-refractivity contribution < 1.29 is 22.4 Å². The second kappa shape index (κ2) is 4.83. The van der Waals surface area contributed by atoms with Gasteiger partial charge in [-0.15, -0.1) is 0 Å². The highest BCUT2D eigenvalue weighted by atomic mass is 19.4. The number of benzene rings is 1. The third-order valence-electron chi connectivity index (χ3n) is 2.46. The molecule has 1 heterocycles. The Morgan fingerprint density at radius 3 is 2.60 bits per heavy atom. The number of nitrogen functional groups attached to an aromatic ring is 1. The average Bonchev–Trinajstić information content (AvgIpc) is 2.77. The molecule has 0 aliphatic rings. The first-order valence-electron chi connectivity index (χ1n) is 5.26. The smallest absolute Gasteiger partial charge is 0.383 e. The normalized spacial score (nSPS) is 11.4. The Morgan fingerprint density at radius 1 is 1.35 bits per heavy atom. The van der Waals surface area contributed by atoms with Gasteiger partial charge in [0.25, 0.3) is 5.91 Å². The minimum Gasteiger partial charge on any atom is -0.383 e. The van der Waals surface area contributed by atoms with Crippen LogP contribution in [0.2, 0.25) is 0 Å². The van der Waals surface area contributed by atoms with Crippen LogP contribution in [0.1, 0.15) is 15.9 Å². The highest BCUT2D eigenvalue weighted by Crippen LogP contribution is 2.32. The van der Waals surface area contributed by atoms with E-state index in [1.165, 1.54) is 0 Å². The number of halogens is 4. The molecule has 0 radical (unpaired) electrons. The maximum Gasteiger partial charge on any atom is 0.416 e. The maximum atomic E-state index is 13.4. The molecule has 106 valence electrons. The molecule has 0 saturated carbocycles. The van der Waals surface area contributed by atoms with Crippen LogP contribution in [0.5, 0.6) is 0 Å². The molecule has 1 aromatic heterocycles. The molecule has 2 aromatic rings. The van der Waals surface area contributed by atoms with Crippen molar-refractivity contribution >= 4 is 17.4 Å². The molecular weight excluding hydrogens is 280 g/mol. The van der Waals surface area contributed by atoms with Gasteiger partial charge in [-0.3, -0.25) is 9.89 Å². The molecular formula is C11H8F4N4O. The Hall–Kier alpha value is -2.58. The number of carbonyl (C=O) groups is 1. The fourth-order valence-corrected chi connectivity index (χ4v) is 1.46. The summed E-state index contributed by atoms with van der Waals surface area (Å²) in [5.74, 6) is -1.93. The number of anilines is 2. The number of hydrogen-bond acceptors (Lipinski definition) is 3. The number of nitrogens with one attached hydrogen (secondary N) is 2. The number of nitrogens with two attached hydrogens (primary N) is 1. The van der Waals surface area contributed by atoms with E-state index >= 15 is 0 Å². The van der Waals surface area contributed by atoms with Crippen molar-refractivity contribution in [3.8, 4) is 0 Å². The summed E-state index contributed by atoms with van der Waals surface area (Å²) >= 11 is 0. The lowest BCUT2D eigenvalue weighted by Gasteiger charge is -2.10. The Morgan fingerprint density at radius 2 is 2.05 bits per heavy atom. The molecule has 0 unspecified atom stereocenters. The monoisotopic (exact) mass is 288 g/mol. The van der Waals surface area contributed by atoms with Crippen molar-refractivity contribution in [2.75, 3.05) is 11.1 Å². The molecule has 0 atom stereocenters. The number of amides is 1. The van der Waals surface area contributed by atoms with E-state index in [2.05, 4.69) is 10.2 Å². The maximum absolute atomic E-state index is 13.4. The molecule has 4 N–H and O–H groups in total. The molecule has 0 fully saturated rings. The Kier molecular flexibility index (Phi) is 3.35. The van der Waals surface area contributed by atoms with Gasteiger partial charge in [-0.25, -0.2) is 4.39 Å². The summed E-state index contributed by atoms with van der Waals surface area (Å²) < 4.78 is 50.9. The van der Waals surface area contributed by atoms with Gasteiger partial charge in [0, 0.05) is 0 Å². The van der Waals surface area contributed by atoms with Crippen molar-refractivity contribution in [3.63, 3.8) is 0 Å². The van der Waals surface area contributed by atoms with Gasteiger partial charge in [-0.1, -0.05) is 0 Å². The third-order valence-corrected chi connectivity index (χ3v) is 2.46. The molecule has 1 aromatic carbocycles. The summed E-state index contributed by atoms with van der Waals surface area (Å²) in [5.41, 5.74) is 3.62. The number of aromatic amines is 1. The first kappa shape index (κ1) is 13.8. The summed E-state index contributed by atoms with van der Waals surface area (Å²) in [4.78, 5) is 11.7. The van der Waals surface area contributed by atoms with Crippen LogP contribution in [0.15, 0.2) is 24.4 Å². The predicted octanol–water partition coefficient (Wildman–Crippen LogP) is 2.40. The van der Waals surface area contributed by atoms with E-state index in [4.69, 9.17) is 5.73 Å². The standard InChI is InChI=1S/C11H8F4N4O/c12-7-2-1-5(11(13,14)15)3-8(7)18-10(20)6-4-17-19-9(6)16/h1-4H,(H,18,20)(H3,16,17,19). The quantitative estimate of drug-likeness (QED) is 0.742.